The summed E-state index contributed by atoms with van der Waals surface area (Å²) in [5, 5.41) is 11.6. The summed E-state index contributed by atoms with van der Waals surface area (Å²) in [7, 11) is 1.50. The molecule has 0 bridgehead atoms. The van der Waals surface area contributed by atoms with Crippen LogP contribution in [-0.2, 0) is 21.5 Å². The second kappa shape index (κ2) is 10.2. The van der Waals surface area contributed by atoms with Crippen LogP contribution in [0.5, 0.6) is 5.75 Å². The Kier molecular flexibility index (Phi) is 7.22. The van der Waals surface area contributed by atoms with Crippen LogP contribution >= 0.6 is 11.6 Å². The van der Waals surface area contributed by atoms with Gasteiger partial charge in [-0.25, -0.2) is 4.98 Å². The summed E-state index contributed by atoms with van der Waals surface area (Å²) >= 11 is 6.28. The molecule has 0 aliphatic carbocycles. The lowest BCUT2D eigenvalue weighted by Crippen LogP contribution is -2.31. The highest BCUT2D eigenvalue weighted by molar-refractivity contribution is 6.46. The normalized spacial score (nSPS) is 17.6. The van der Waals surface area contributed by atoms with Crippen molar-refractivity contribution in [1.29, 1.82) is 0 Å². The lowest BCUT2D eigenvalue weighted by molar-refractivity contribution is -0.139. The third-order valence-corrected chi connectivity index (χ3v) is 6.73. The maximum absolute atomic E-state index is 13.3. The van der Waals surface area contributed by atoms with Crippen molar-refractivity contribution < 1.29 is 19.4 Å². The van der Waals surface area contributed by atoms with Crippen molar-refractivity contribution in [3.05, 3.63) is 88.5 Å². The molecule has 188 valence electrons. The summed E-state index contributed by atoms with van der Waals surface area (Å²) in [6.45, 7) is 7.36. The van der Waals surface area contributed by atoms with Gasteiger partial charge in [0.1, 0.15) is 11.5 Å². The molecule has 4 rings (SSSR count). The molecule has 1 aliphatic heterocycles. The summed E-state index contributed by atoms with van der Waals surface area (Å²) in [6, 6.07) is 11.9. The van der Waals surface area contributed by atoms with Crippen molar-refractivity contribution in [2.75, 3.05) is 13.7 Å². The van der Waals surface area contributed by atoms with Gasteiger partial charge >= 0.3 is 0 Å². The number of rotatable bonds is 7. The Bertz CT molecular complexity index is 1290. The van der Waals surface area contributed by atoms with E-state index < -0.39 is 17.7 Å². The molecule has 1 fully saturated rings. The van der Waals surface area contributed by atoms with E-state index in [1.54, 1.807) is 29.6 Å². The fraction of sp³-hybridized carbons (Fsp3) is 0.321. The maximum atomic E-state index is 13.3. The van der Waals surface area contributed by atoms with Crippen molar-refractivity contribution in [2.45, 2.75) is 45.2 Å². The molecular formula is C28H30ClN3O4. The number of hydrogen-bond acceptors (Lipinski definition) is 5. The highest BCUT2D eigenvalue weighted by Gasteiger charge is 2.45. The molecule has 1 amide bonds. The number of aliphatic hydroxyl groups is 1. The minimum absolute atomic E-state index is 0.0485. The van der Waals surface area contributed by atoms with Crippen molar-refractivity contribution in [3.8, 4) is 5.75 Å². The van der Waals surface area contributed by atoms with Gasteiger partial charge in [0.15, 0.2) is 0 Å². The van der Waals surface area contributed by atoms with Gasteiger partial charge in [0, 0.05) is 31.0 Å². The monoisotopic (exact) mass is 507 g/mol. The van der Waals surface area contributed by atoms with Gasteiger partial charge in [-0.3, -0.25) is 9.59 Å². The standard InChI is InChI=1S/C28H30ClN3O4/c1-28(2,3)20-9-6-18(7-10-20)24-23(25(33)19-8-11-22(36-4)21(29)16-19)26(34)27(35)32(24)14-5-13-31-15-12-30-17-31/h6-12,15-17,24,33H,5,13-14H2,1-4H3/t24-/m1/s1. The SMILES string of the molecule is COc1ccc(C(O)=C2C(=O)C(=O)N(CCCn3ccnc3)[C@@H]2c2ccc(C(C)(C)C)cc2)cc1Cl. The largest absolute Gasteiger partial charge is 0.507 e. The molecule has 7 nitrogen and oxygen atoms in total. The van der Waals surface area contributed by atoms with E-state index >= 15 is 0 Å². The van der Waals surface area contributed by atoms with Crippen LogP contribution in [0.3, 0.4) is 0 Å². The van der Waals surface area contributed by atoms with Gasteiger partial charge in [-0.15, -0.1) is 0 Å². The smallest absolute Gasteiger partial charge is 0.295 e. The van der Waals surface area contributed by atoms with Crippen LogP contribution < -0.4 is 4.74 Å². The lowest BCUT2D eigenvalue weighted by Gasteiger charge is -2.26. The van der Waals surface area contributed by atoms with Crippen LogP contribution in [0.15, 0.2) is 66.8 Å². The Morgan fingerprint density at radius 1 is 1.11 bits per heavy atom. The zero-order valence-electron chi connectivity index (χ0n) is 20.9. The average Bonchev–Trinajstić information content (AvgIpc) is 3.45. The fourth-order valence-electron chi connectivity index (χ4n) is 4.43. The van der Waals surface area contributed by atoms with Gasteiger partial charge in [0.25, 0.3) is 11.7 Å². The number of amides is 1. The van der Waals surface area contributed by atoms with Crippen molar-refractivity contribution in [3.63, 3.8) is 0 Å². The Morgan fingerprint density at radius 2 is 1.83 bits per heavy atom. The molecule has 1 N–H and O–H groups in total. The first-order chi connectivity index (χ1) is 17.1. The number of carbonyl (C=O) groups excluding carboxylic acids is 2. The van der Waals surface area contributed by atoms with Gasteiger partial charge in [0.05, 0.1) is 30.1 Å². The molecule has 0 spiro atoms. The maximum Gasteiger partial charge on any atom is 0.295 e. The minimum atomic E-state index is -0.720. The van der Waals surface area contributed by atoms with E-state index in [-0.39, 0.29) is 16.7 Å². The third kappa shape index (κ3) is 5.02. The number of benzene rings is 2. The number of ether oxygens (including phenoxy) is 1. The van der Waals surface area contributed by atoms with Gasteiger partial charge in [0.2, 0.25) is 0 Å². The number of carbonyl (C=O) groups is 2. The molecule has 1 saturated heterocycles. The lowest BCUT2D eigenvalue weighted by atomic mass is 9.85. The molecule has 1 aliphatic rings. The molecule has 1 atom stereocenters. The molecule has 0 unspecified atom stereocenters. The third-order valence-electron chi connectivity index (χ3n) is 6.43. The van der Waals surface area contributed by atoms with Crippen LogP contribution in [0.1, 0.15) is 49.9 Å². The molecule has 2 heterocycles. The van der Waals surface area contributed by atoms with Gasteiger partial charge in [-0.05, 0) is 41.2 Å². The Labute approximate surface area is 216 Å². The second-order valence-electron chi connectivity index (χ2n) is 9.87. The van der Waals surface area contributed by atoms with E-state index in [1.165, 1.54) is 13.2 Å². The molecule has 3 aromatic rings. The second-order valence-corrected chi connectivity index (χ2v) is 10.3. The predicted molar refractivity (Wildman–Crippen MR) is 139 cm³/mol. The summed E-state index contributed by atoms with van der Waals surface area (Å²) in [5.74, 6) is -1.17. The number of imidazole rings is 1. The molecule has 36 heavy (non-hydrogen) atoms. The number of halogens is 1. The number of hydrogen-bond donors (Lipinski definition) is 1. The molecule has 1 aromatic heterocycles. The van der Waals surface area contributed by atoms with Crippen LogP contribution in [-0.4, -0.2) is 44.9 Å². The van der Waals surface area contributed by atoms with Crippen LogP contribution in [0.25, 0.3) is 5.76 Å². The topological polar surface area (TPSA) is 84.7 Å². The number of Topliss-reactive ketones (excluding diaryl/α,β-unsaturated/α-hetero) is 1. The van der Waals surface area contributed by atoms with E-state index in [0.29, 0.717) is 35.8 Å². The quantitative estimate of drug-likeness (QED) is 0.264. The first kappa shape index (κ1) is 25.5. The van der Waals surface area contributed by atoms with Crippen molar-refractivity contribution in [2.24, 2.45) is 0 Å². The van der Waals surface area contributed by atoms with Gasteiger partial charge in [-0.2, -0.15) is 0 Å². The molecule has 2 aromatic carbocycles. The summed E-state index contributed by atoms with van der Waals surface area (Å²) in [5.41, 5.74) is 2.22. The highest BCUT2D eigenvalue weighted by Crippen LogP contribution is 2.41. The molecule has 8 heteroatoms. The minimum Gasteiger partial charge on any atom is -0.507 e. The number of aromatic nitrogens is 2. The number of aryl methyl sites for hydroxylation is 1. The summed E-state index contributed by atoms with van der Waals surface area (Å²) < 4.78 is 7.12. The Morgan fingerprint density at radius 3 is 2.42 bits per heavy atom. The number of ketones is 1. The number of aliphatic hydroxyl groups excluding tert-OH is 1. The highest BCUT2D eigenvalue weighted by atomic mass is 35.5. The average molecular weight is 508 g/mol. The van der Waals surface area contributed by atoms with Crippen molar-refractivity contribution in [1.82, 2.24) is 14.5 Å². The van der Waals surface area contributed by atoms with Crippen molar-refractivity contribution >= 4 is 29.1 Å². The summed E-state index contributed by atoms with van der Waals surface area (Å²) in [6.07, 6.45) is 5.88. The van der Waals surface area contributed by atoms with E-state index in [9.17, 15) is 14.7 Å². The fourth-order valence-corrected chi connectivity index (χ4v) is 4.69. The zero-order chi connectivity index (χ0) is 26.0. The number of likely N-dealkylation sites (tertiary alicyclic amines) is 1. The Balaban J connectivity index is 1.76. The van der Waals surface area contributed by atoms with E-state index in [2.05, 4.69) is 25.8 Å². The first-order valence-electron chi connectivity index (χ1n) is 11.8. The van der Waals surface area contributed by atoms with Gasteiger partial charge in [-0.1, -0.05) is 56.6 Å². The zero-order valence-corrected chi connectivity index (χ0v) is 21.6. The van der Waals surface area contributed by atoms with E-state index in [4.69, 9.17) is 16.3 Å². The Hall–Kier alpha value is -3.58. The van der Waals surface area contributed by atoms with Gasteiger partial charge < -0.3 is 19.3 Å². The van der Waals surface area contributed by atoms with Crippen LogP contribution in [0, 0.1) is 0 Å². The van der Waals surface area contributed by atoms with E-state index in [1.807, 2.05) is 35.0 Å². The predicted octanol–water partition coefficient (Wildman–Crippen LogP) is 5.35. The van der Waals surface area contributed by atoms with E-state index in [0.717, 1.165) is 11.1 Å². The molecule has 0 saturated carbocycles. The molecular weight excluding hydrogens is 478 g/mol. The molecule has 0 radical (unpaired) electrons. The summed E-state index contributed by atoms with van der Waals surface area (Å²) in [4.78, 5) is 32.0. The first-order valence-corrected chi connectivity index (χ1v) is 12.2. The van der Waals surface area contributed by atoms with Crippen LogP contribution in [0.4, 0.5) is 0 Å². The number of nitrogens with zero attached hydrogens (tertiary/aromatic N) is 3. The van der Waals surface area contributed by atoms with Crippen LogP contribution in [0.2, 0.25) is 5.02 Å². The number of methoxy groups -OCH3 is 1.